The van der Waals surface area contributed by atoms with E-state index in [1.807, 2.05) is 31.2 Å². The number of carboxylic acids is 1. The van der Waals surface area contributed by atoms with Crippen molar-refractivity contribution < 1.29 is 14.3 Å². The van der Waals surface area contributed by atoms with Crippen LogP contribution in [0.2, 0.25) is 0 Å². The van der Waals surface area contributed by atoms with Crippen LogP contribution in [-0.2, 0) is 4.79 Å². The molecule has 0 spiro atoms. The van der Waals surface area contributed by atoms with Gasteiger partial charge in [-0.1, -0.05) is 42.5 Å². The minimum absolute atomic E-state index is 0.302. The molecule has 5 heteroatoms. The Morgan fingerprint density at radius 3 is 2.52 bits per heavy atom. The lowest BCUT2D eigenvalue weighted by atomic mass is 9.77. The summed E-state index contributed by atoms with van der Waals surface area (Å²) in [6, 6.07) is 17.0. The second kappa shape index (κ2) is 8.52. The third-order valence-electron chi connectivity index (χ3n) is 5.87. The molecular formula is C24H26N2O3. The maximum absolute atomic E-state index is 10.9. The minimum atomic E-state index is -0.679. The molecule has 1 heterocycles. The average Bonchev–Trinajstić information content (AvgIpc) is 3.19. The molecule has 29 heavy (non-hydrogen) atoms. The summed E-state index contributed by atoms with van der Waals surface area (Å²) < 4.78 is 5.89. The lowest BCUT2D eigenvalue weighted by Gasteiger charge is -2.28. The first-order valence-corrected chi connectivity index (χ1v) is 10.2. The van der Waals surface area contributed by atoms with Gasteiger partial charge < -0.3 is 14.8 Å². The molecule has 1 saturated carbocycles. The third-order valence-corrected chi connectivity index (χ3v) is 5.87. The van der Waals surface area contributed by atoms with Gasteiger partial charge in [-0.15, -0.1) is 0 Å². The number of carbonyl (C=O) groups is 1. The van der Waals surface area contributed by atoms with Crippen molar-refractivity contribution >= 4 is 17.7 Å². The van der Waals surface area contributed by atoms with Crippen LogP contribution >= 0.6 is 0 Å². The first-order valence-electron chi connectivity index (χ1n) is 10.2. The number of hydrogen-bond acceptors (Lipinski definition) is 4. The van der Waals surface area contributed by atoms with Crippen molar-refractivity contribution in [2.75, 3.05) is 5.32 Å². The Morgan fingerprint density at radius 1 is 1.10 bits per heavy atom. The quantitative estimate of drug-likeness (QED) is 0.528. The molecule has 1 aromatic heterocycles. The van der Waals surface area contributed by atoms with Crippen LogP contribution in [-0.4, -0.2) is 16.1 Å². The van der Waals surface area contributed by atoms with Gasteiger partial charge in [0.1, 0.15) is 0 Å². The molecule has 0 radical (unpaired) electrons. The molecule has 4 rings (SSSR count). The number of rotatable bonds is 6. The van der Waals surface area contributed by atoms with E-state index in [1.165, 1.54) is 5.56 Å². The summed E-state index contributed by atoms with van der Waals surface area (Å²) in [6.07, 6.45) is 6.15. The zero-order valence-electron chi connectivity index (χ0n) is 16.6. The van der Waals surface area contributed by atoms with Gasteiger partial charge in [0, 0.05) is 17.7 Å². The van der Waals surface area contributed by atoms with Gasteiger partial charge in [-0.05, 0) is 61.6 Å². The summed E-state index contributed by atoms with van der Waals surface area (Å²) in [4.78, 5) is 15.2. The highest BCUT2D eigenvalue weighted by Crippen LogP contribution is 2.37. The van der Waals surface area contributed by atoms with E-state index in [4.69, 9.17) is 9.52 Å². The van der Waals surface area contributed by atoms with Crippen molar-refractivity contribution in [3.63, 3.8) is 0 Å². The number of para-hydroxylation sites is 1. The number of nitrogens with zero attached hydrogens (tertiary/aromatic N) is 1. The van der Waals surface area contributed by atoms with Crippen molar-refractivity contribution in [1.82, 2.24) is 4.98 Å². The molecule has 0 saturated heterocycles. The highest BCUT2D eigenvalue weighted by atomic mass is 16.4. The fraction of sp³-hybridized carbons (Fsp3) is 0.333. The standard InChI is InChI=1S/C24H26N2O3/c1-16-4-2-3-5-21(16)26-24-25-15-22(29-24)20-12-10-19(11-13-20)18-8-6-17(7-9-18)14-23(27)28/h2-5,10-13,15,17-18H,6-9,14H2,1H3,(H,25,26)(H,27,28). The van der Waals surface area contributed by atoms with Crippen LogP contribution in [0.3, 0.4) is 0 Å². The topological polar surface area (TPSA) is 75.4 Å². The van der Waals surface area contributed by atoms with Crippen LogP contribution in [0.1, 0.15) is 49.1 Å². The number of anilines is 2. The van der Waals surface area contributed by atoms with Crippen LogP contribution in [0.4, 0.5) is 11.7 Å². The molecule has 2 N–H and O–H groups in total. The monoisotopic (exact) mass is 390 g/mol. The zero-order chi connectivity index (χ0) is 20.2. The predicted molar refractivity (Wildman–Crippen MR) is 113 cm³/mol. The van der Waals surface area contributed by atoms with E-state index in [9.17, 15) is 4.79 Å². The second-order valence-corrected chi connectivity index (χ2v) is 7.91. The summed E-state index contributed by atoms with van der Waals surface area (Å²) in [5, 5.41) is 12.2. The zero-order valence-corrected chi connectivity index (χ0v) is 16.6. The van der Waals surface area contributed by atoms with E-state index >= 15 is 0 Å². The molecule has 0 amide bonds. The number of hydrogen-bond donors (Lipinski definition) is 2. The molecule has 0 aliphatic heterocycles. The summed E-state index contributed by atoms with van der Waals surface area (Å²) in [7, 11) is 0. The van der Waals surface area contributed by atoms with Crippen LogP contribution in [0.15, 0.2) is 59.1 Å². The molecule has 1 fully saturated rings. The van der Waals surface area contributed by atoms with Crippen LogP contribution in [0.25, 0.3) is 11.3 Å². The third kappa shape index (κ3) is 4.67. The van der Waals surface area contributed by atoms with E-state index in [-0.39, 0.29) is 0 Å². The predicted octanol–water partition coefficient (Wildman–Crippen LogP) is 6.14. The number of benzene rings is 2. The SMILES string of the molecule is Cc1ccccc1Nc1ncc(-c2ccc(C3CCC(CC(=O)O)CC3)cc2)o1. The molecular weight excluding hydrogens is 364 g/mol. The molecule has 1 aliphatic carbocycles. The number of carboxylic acid groups (broad SMARTS) is 1. The lowest BCUT2D eigenvalue weighted by molar-refractivity contribution is -0.138. The number of aryl methyl sites for hydroxylation is 1. The highest BCUT2D eigenvalue weighted by molar-refractivity contribution is 5.67. The fourth-order valence-corrected chi connectivity index (χ4v) is 4.16. The summed E-state index contributed by atoms with van der Waals surface area (Å²) >= 11 is 0. The van der Waals surface area contributed by atoms with Crippen LogP contribution < -0.4 is 5.32 Å². The molecule has 5 nitrogen and oxygen atoms in total. The van der Waals surface area contributed by atoms with Crippen molar-refractivity contribution in [2.45, 2.75) is 44.9 Å². The van der Waals surface area contributed by atoms with E-state index in [2.05, 4.69) is 34.6 Å². The van der Waals surface area contributed by atoms with Gasteiger partial charge in [-0.25, -0.2) is 4.98 Å². The Bertz CT molecular complexity index is 970. The Morgan fingerprint density at radius 2 is 1.83 bits per heavy atom. The number of aromatic nitrogens is 1. The van der Waals surface area contributed by atoms with Gasteiger partial charge in [0.25, 0.3) is 6.01 Å². The first-order chi connectivity index (χ1) is 14.1. The number of aliphatic carboxylic acids is 1. The van der Waals surface area contributed by atoms with Crippen molar-refractivity contribution in [2.24, 2.45) is 5.92 Å². The highest BCUT2D eigenvalue weighted by Gasteiger charge is 2.24. The smallest absolute Gasteiger partial charge is 0.303 e. The largest absolute Gasteiger partial charge is 0.481 e. The lowest BCUT2D eigenvalue weighted by Crippen LogP contribution is -2.16. The molecule has 2 aromatic carbocycles. The summed E-state index contributed by atoms with van der Waals surface area (Å²) in [5.41, 5.74) is 4.43. The van der Waals surface area contributed by atoms with Gasteiger partial charge in [0.15, 0.2) is 5.76 Å². The molecule has 0 unspecified atom stereocenters. The Labute approximate surface area is 170 Å². The molecule has 1 aliphatic rings. The summed E-state index contributed by atoms with van der Waals surface area (Å²) in [5.74, 6) is 0.900. The summed E-state index contributed by atoms with van der Waals surface area (Å²) in [6.45, 7) is 2.04. The van der Waals surface area contributed by atoms with E-state index < -0.39 is 5.97 Å². The number of nitrogens with one attached hydrogen (secondary N) is 1. The van der Waals surface area contributed by atoms with Gasteiger partial charge in [0.05, 0.1) is 6.20 Å². The van der Waals surface area contributed by atoms with Gasteiger partial charge in [-0.2, -0.15) is 0 Å². The van der Waals surface area contributed by atoms with Gasteiger partial charge in [-0.3, -0.25) is 4.79 Å². The molecule has 0 atom stereocenters. The van der Waals surface area contributed by atoms with E-state index in [1.54, 1.807) is 6.20 Å². The maximum atomic E-state index is 10.9. The normalized spacial score (nSPS) is 19.1. The second-order valence-electron chi connectivity index (χ2n) is 7.91. The average molecular weight is 390 g/mol. The maximum Gasteiger partial charge on any atom is 0.303 e. The van der Waals surface area contributed by atoms with Crippen molar-refractivity contribution in [1.29, 1.82) is 0 Å². The van der Waals surface area contributed by atoms with Crippen molar-refractivity contribution in [3.8, 4) is 11.3 Å². The Balaban J connectivity index is 1.39. The van der Waals surface area contributed by atoms with Crippen LogP contribution in [0, 0.1) is 12.8 Å². The molecule has 150 valence electrons. The molecule has 3 aromatic rings. The minimum Gasteiger partial charge on any atom is -0.481 e. The van der Waals surface area contributed by atoms with E-state index in [0.717, 1.165) is 48.3 Å². The molecule has 0 bridgehead atoms. The Hall–Kier alpha value is -3.08. The first kappa shape index (κ1) is 19.2. The van der Waals surface area contributed by atoms with E-state index in [0.29, 0.717) is 24.3 Å². The van der Waals surface area contributed by atoms with Gasteiger partial charge in [0.2, 0.25) is 0 Å². The fourth-order valence-electron chi connectivity index (χ4n) is 4.16. The number of oxazole rings is 1. The van der Waals surface area contributed by atoms with Gasteiger partial charge >= 0.3 is 5.97 Å². The van der Waals surface area contributed by atoms with Crippen molar-refractivity contribution in [3.05, 3.63) is 65.9 Å². The van der Waals surface area contributed by atoms with Crippen LogP contribution in [0.5, 0.6) is 0 Å². The Kier molecular flexibility index (Phi) is 5.65.